The van der Waals surface area contributed by atoms with E-state index in [9.17, 15) is 9.59 Å². The minimum absolute atomic E-state index is 0.0427. The SMILES string of the molecule is CC(=O)O[C@H]1C=C[C@H]2OC(=O)[C@@]3(C)CC[C@@H](CO[Si](C)(C)C(C)(C)C)C1[C@@H]23. The minimum atomic E-state index is -1.87. The van der Waals surface area contributed by atoms with E-state index in [1.807, 2.05) is 19.1 Å². The quantitative estimate of drug-likeness (QED) is 0.408. The molecule has 0 radical (unpaired) electrons. The molecule has 1 aliphatic heterocycles. The number of carbonyl (C=O) groups is 2. The Labute approximate surface area is 163 Å². The van der Waals surface area contributed by atoms with Gasteiger partial charge in [-0.2, -0.15) is 0 Å². The molecule has 1 heterocycles. The summed E-state index contributed by atoms with van der Waals surface area (Å²) in [6.45, 7) is 15.3. The Morgan fingerprint density at radius 3 is 2.59 bits per heavy atom. The van der Waals surface area contributed by atoms with Crippen molar-refractivity contribution in [1.29, 1.82) is 0 Å². The van der Waals surface area contributed by atoms with Crippen LogP contribution in [0.3, 0.4) is 0 Å². The van der Waals surface area contributed by atoms with Gasteiger partial charge in [0.15, 0.2) is 8.32 Å². The first-order chi connectivity index (χ1) is 12.4. The van der Waals surface area contributed by atoms with Crippen LogP contribution in [0.15, 0.2) is 12.2 Å². The van der Waals surface area contributed by atoms with E-state index in [2.05, 4.69) is 33.9 Å². The summed E-state index contributed by atoms with van der Waals surface area (Å²) in [6.07, 6.45) is 4.99. The first-order valence-electron chi connectivity index (χ1n) is 10.1. The van der Waals surface area contributed by atoms with Crippen molar-refractivity contribution >= 4 is 20.3 Å². The molecule has 0 bridgehead atoms. The molecule has 0 amide bonds. The summed E-state index contributed by atoms with van der Waals surface area (Å²) in [5, 5.41) is 0.146. The Morgan fingerprint density at radius 2 is 2.00 bits per heavy atom. The van der Waals surface area contributed by atoms with Gasteiger partial charge in [0.05, 0.1) is 5.41 Å². The van der Waals surface area contributed by atoms with Crippen molar-refractivity contribution in [3.63, 3.8) is 0 Å². The van der Waals surface area contributed by atoms with E-state index in [1.54, 1.807) is 0 Å². The smallest absolute Gasteiger partial charge is 0.312 e. The Bertz CT molecular complexity index is 649. The fourth-order valence-electron chi connectivity index (χ4n) is 4.73. The maximum atomic E-state index is 12.6. The normalized spacial score (nSPS) is 38.3. The van der Waals surface area contributed by atoms with Gasteiger partial charge in [0.25, 0.3) is 0 Å². The predicted octanol–water partition coefficient (Wildman–Crippen LogP) is 4.08. The van der Waals surface area contributed by atoms with E-state index < -0.39 is 13.7 Å². The van der Waals surface area contributed by atoms with E-state index >= 15 is 0 Å². The minimum Gasteiger partial charge on any atom is -0.458 e. The number of ether oxygens (including phenoxy) is 2. The van der Waals surface area contributed by atoms with Crippen molar-refractivity contribution < 1.29 is 23.5 Å². The molecule has 1 saturated carbocycles. The highest BCUT2D eigenvalue weighted by Crippen LogP contribution is 2.57. The third-order valence-electron chi connectivity index (χ3n) is 7.43. The zero-order valence-corrected chi connectivity index (χ0v) is 18.7. The van der Waals surface area contributed by atoms with Gasteiger partial charge in [0, 0.05) is 25.4 Å². The third kappa shape index (κ3) is 3.51. The van der Waals surface area contributed by atoms with Crippen LogP contribution in [0.5, 0.6) is 0 Å². The molecule has 6 heteroatoms. The largest absolute Gasteiger partial charge is 0.458 e. The van der Waals surface area contributed by atoms with Gasteiger partial charge in [-0.15, -0.1) is 0 Å². The Hall–Kier alpha value is -1.14. The number of hydrogen-bond donors (Lipinski definition) is 0. The van der Waals surface area contributed by atoms with Gasteiger partial charge < -0.3 is 13.9 Å². The van der Waals surface area contributed by atoms with E-state index in [-0.39, 0.29) is 46.9 Å². The maximum Gasteiger partial charge on any atom is 0.312 e. The molecule has 3 aliphatic rings. The van der Waals surface area contributed by atoms with Crippen LogP contribution in [0.1, 0.15) is 47.5 Å². The van der Waals surface area contributed by atoms with Gasteiger partial charge in [0.2, 0.25) is 0 Å². The molecule has 152 valence electrons. The topological polar surface area (TPSA) is 61.8 Å². The van der Waals surface area contributed by atoms with Gasteiger partial charge in [0.1, 0.15) is 12.2 Å². The lowest BCUT2D eigenvalue weighted by atomic mass is 9.56. The molecule has 0 aromatic carbocycles. The molecule has 1 unspecified atom stereocenters. The van der Waals surface area contributed by atoms with Crippen LogP contribution in [0.4, 0.5) is 0 Å². The van der Waals surface area contributed by atoms with Crippen LogP contribution in [0.2, 0.25) is 18.1 Å². The highest BCUT2D eigenvalue weighted by Gasteiger charge is 2.63. The van der Waals surface area contributed by atoms with Crippen LogP contribution in [0, 0.1) is 23.2 Å². The average molecular weight is 395 g/mol. The zero-order valence-electron chi connectivity index (χ0n) is 17.7. The number of hydrogen-bond acceptors (Lipinski definition) is 5. The summed E-state index contributed by atoms with van der Waals surface area (Å²) in [4.78, 5) is 24.3. The molecule has 2 aliphatic carbocycles. The van der Waals surface area contributed by atoms with Gasteiger partial charge in [-0.1, -0.05) is 20.8 Å². The second-order valence-corrected chi connectivity index (χ2v) is 15.0. The summed E-state index contributed by atoms with van der Waals surface area (Å²) in [5.74, 6) is -0.0486. The summed E-state index contributed by atoms with van der Waals surface area (Å²) in [7, 11) is -1.87. The highest BCUT2D eigenvalue weighted by atomic mass is 28.4. The fourth-order valence-corrected chi connectivity index (χ4v) is 5.79. The monoisotopic (exact) mass is 394 g/mol. The Balaban J connectivity index is 1.87. The standard InChI is InChI=1S/C21H34O5Si/c1-13(22)25-15-8-9-16-18-17(15)14(10-11-21(18,5)19(23)26-16)12-24-27(6,7)20(2,3)4/h8-9,14-18H,10-12H2,1-7H3/t14-,15-,16+,17?,18+,21-/m0/s1. The Kier molecular flexibility index (Phi) is 5.13. The van der Waals surface area contributed by atoms with Crippen molar-refractivity contribution in [3.8, 4) is 0 Å². The van der Waals surface area contributed by atoms with Gasteiger partial charge in [-0.3, -0.25) is 9.59 Å². The first-order valence-corrected chi connectivity index (χ1v) is 13.0. The lowest BCUT2D eigenvalue weighted by Crippen LogP contribution is -2.53. The second kappa shape index (κ2) is 6.73. The van der Waals surface area contributed by atoms with Crippen molar-refractivity contribution in [2.45, 2.75) is 77.8 Å². The summed E-state index contributed by atoms with van der Waals surface area (Å²) in [5.41, 5.74) is -0.494. The summed E-state index contributed by atoms with van der Waals surface area (Å²) in [6, 6.07) is 0. The van der Waals surface area contributed by atoms with Gasteiger partial charge in [-0.05, 0) is 56.0 Å². The molecule has 0 aromatic heterocycles. The van der Waals surface area contributed by atoms with Crippen LogP contribution in [-0.4, -0.2) is 39.1 Å². The van der Waals surface area contributed by atoms with E-state index in [4.69, 9.17) is 13.9 Å². The fraction of sp³-hybridized carbons (Fsp3) is 0.810. The lowest BCUT2D eigenvalue weighted by Gasteiger charge is -2.49. The summed E-state index contributed by atoms with van der Waals surface area (Å²) >= 11 is 0. The molecule has 1 saturated heterocycles. The Morgan fingerprint density at radius 1 is 1.33 bits per heavy atom. The molecular formula is C21H34O5Si. The lowest BCUT2D eigenvalue weighted by molar-refractivity contribution is -0.154. The number of esters is 2. The maximum absolute atomic E-state index is 12.6. The third-order valence-corrected chi connectivity index (χ3v) is 11.9. The number of rotatable bonds is 4. The average Bonchev–Trinajstić information content (AvgIpc) is 2.79. The van der Waals surface area contributed by atoms with Crippen molar-refractivity contribution in [2.75, 3.05) is 6.61 Å². The van der Waals surface area contributed by atoms with E-state index in [0.29, 0.717) is 6.61 Å². The summed E-state index contributed by atoms with van der Waals surface area (Å²) < 4.78 is 17.9. The van der Waals surface area contributed by atoms with E-state index in [1.165, 1.54) is 6.92 Å². The van der Waals surface area contributed by atoms with Crippen molar-refractivity contribution in [1.82, 2.24) is 0 Å². The first kappa shape index (κ1) is 20.6. The molecule has 0 aromatic rings. The van der Waals surface area contributed by atoms with Crippen LogP contribution >= 0.6 is 0 Å². The predicted molar refractivity (Wildman–Crippen MR) is 106 cm³/mol. The van der Waals surface area contributed by atoms with Gasteiger partial charge >= 0.3 is 11.9 Å². The van der Waals surface area contributed by atoms with Crippen LogP contribution < -0.4 is 0 Å². The molecule has 3 rings (SSSR count). The molecule has 2 fully saturated rings. The van der Waals surface area contributed by atoms with Crippen LogP contribution in [-0.2, 0) is 23.5 Å². The van der Waals surface area contributed by atoms with Crippen LogP contribution in [0.25, 0.3) is 0 Å². The van der Waals surface area contributed by atoms with Crippen molar-refractivity contribution in [3.05, 3.63) is 12.2 Å². The second-order valence-electron chi connectivity index (χ2n) is 10.2. The molecule has 27 heavy (non-hydrogen) atoms. The van der Waals surface area contributed by atoms with Crippen molar-refractivity contribution in [2.24, 2.45) is 23.2 Å². The van der Waals surface area contributed by atoms with E-state index in [0.717, 1.165) is 12.8 Å². The molecular weight excluding hydrogens is 360 g/mol. The molecule has 6 atom stereocenters. The zero-order chi connectivity index (χ0) is 20.2. The number of carbonyl (C=O) groups excluding carboxylic acids is 2. The molecule has 0 spiro atoms. The molecule has 0 N–H and O–H groups in total. The highest BCUT2D eigenvalue weighted by molar-refractivity contribution is 6.74. The molecule has 5 nitrogen and oxygen atoms in total. The van der Waals surface area contributed by atoms with Gasteiger partial charge in [-0.25, -0.2) is 0 Å².